The van der Waals surface area contributed by atoms with Gasteiger partial charge in [0.1, 0.15) is 0 Å². The molecule has 4 nitrogen and oxygen atoms in total. The molecule has 0 radical (unpaired) electrons. The van der Waals surface area contributed by atoms with Gasteiger partial charge in [0.05, 0.1) is 13.2 Å². The van der Waals surface area contributed by atoms with Gasteiger partial charge in [-0.05, 0) is 6.92 Å². The zero-order chi connectivity index (χ0) is 11.1. The van der Waals surface area contributed by atoms with E-state index < -0.39 is 0 Å². The number of anilines is 1. The third-order valence-corrected chi connectivity index (χ3v) is 1.82. The van der Waals surface area contributed by atoms with E-state index in [1.165, 1.54) is 0 Å². The first-order chi connectivity index (χ1) is 7.20. The van der Waals surface area contributed by atoms with E-state index in [0.717, 1.165) is 5.57 Å². The summed E-state index contributed by atoms with van der Waals surface area (Å²) in [5.41, 5.74) is 1.01. The summed E-state index contributed by atoms with van der Waals surface area (Å²) in [7, 11) is 0. The summed E-state index contributed by atoms with van der Waals surface area (Å²) in [5, 5.41) is 3.40. The molecule has 5 heteroatoms. The lowest BCUT2D eigenvalue weighted by Crippen LogP contribution is -2.11. The third kappa shape index (κ3) is 4.76. The lowest BCUT2D eigenvalue weighted by atomic mass is 10.4. The van der Waals surface area contributed by atoms with Crippen LogP contribution in [0.1, 0.15) is 6.92 Å². The highest BCUT2D eigenvalue weighted by molar-refractivity contribution is 6.31. The second-order valence-electron chi connectivity index (χ2n) is 3.13. The summed E-state index contributed by atoms with van der Waals surface area (Å²) >= 11 is 5.80. The lowest BCUT2D eigenvalue weighted by molar-refractivity contribution is 0.167. The molecule has 0 amide bonds. The molecule has 0 unspecified atom stereocenters. The lowest BCUT2D eigenvalue weighted by Gasteiger charge is -2.06. The van der Waals surface area contributed by atoms with E-state index in [-0.39, 0.29) is 0 Å². The van der Waals surface area contributed by atoms with Crippen molar-refractivity contribution >= 4 is 17.4 Å². The zero-order valence-electron chi connectivity index (χ0n) is 8.66. The van der Waals surface area contributed by atoms with E-state index in [0.29, 0.717) is 30.7 Å². The zero-order valence-corrected chi connectivity index (χ0v) is 9.42. The average molecular weight is 228 g/mol. The van der Waals surface area contributed by atoms with Crippen molar-refractivity contribution in [2.24, 2.45) is 0 Å². The first-order valence-corrected chi connectivity index (χ1v) is 5.00. The van der Waals surface area contributed by atoms with Crippen molar-refractivity contribution in [1.82, 2.24) is 9.97 Å². The topological polar surface area (TPSA) is 47.0 Å². The minimum Gasteiger partial charge on any atom is -0.375 e. The van der Waals surface area contributed by atoms with Crippen molar-refractivity contribution < 1.29 is 4.74 Å². The smallest absolute Gasteiger partial charge is 0.171 e. The van der Waals surface area contributed by atoms with Crippen LogP contribution in [-0.2, 0) is 4.74 Å². The Morgan fingerprint density at radius 2 is 2.27 bits per heavy atom. The number of halogens is 1. The molecule has 0 bridgehead atoms. The number of rotatable bonds is 6. The molecule has 1 heterocycles. The second kappa shape index (κ2) is 6.37. The van der Waals surface area contributed by atoms with E-state index in [1.54, 1.807) is 12.4 Å². The maximum absolute atomic E-state index is 5.80. The molecule has 15 heavy (non-hydrogen) atoms. The minimum atomic E-state index is 0.373. The highest BCUT2D eigenvalue weighted by atomic mass is 35.5. The molecule has 82 valence electrons. The molecule has 0 atom stereocenters. The Kier molecular flexibility index (Phi) is 5.07. The van der Waals surface area contributed by atoms with Crippen LogP contribution in [-0.4, -0.2) is 29.7 Å². The molecule has 0 saturated carbocycles. The van der Waals surface area contributed by atoms with Crippen LogP contribution >= 0.6 is 11.6 Å². The van der Waals surface area contributed by atoms with Crippen molar-refractivity contribution in [1.29, 1.82) is 0 Å². The van der Waals surface area contributed by atoms with Crippen molar-refractivity contribution in [3.05, 3.63) is 29.7 Å². The fourth-order valence-corrected chi connectivity index (χ4v) is 1.10. The van der Waals surface area contributed by atoms with E-state index in [9.17, 15) is 0 Å². The Labute approximate surface area is 94.3 Å². The summed E-state index contributed by atoms with van der Waals surface area (Å²) in [6, 6.07) is 0. The van der Waals surface area contributed by atoms with Crippen LogP contribution in [0.3, 0.4) is 0 Å². The molecule has 1 rings (SSSR count). The standard InChI is InChI=1S/C10H14ClN3O/c1-8(2)7-15-6-5-14-10-9(11)12-3-4-13-10/h3-4H,1,5-7H2,2H3,(H,13,14). The molecule has 0 aliphatic carbocycles. The summed E-state index contributed by atoms with van der Waals surface area (Å²) in [6.07, 6.45) is 3.13. The van der Waals surface area contributed by atoms with Gasteiger partial charge in [0.2, 0.25) is 0 Å². The van der Waals surface area contributed by atoms with Gasteiger partial charge in [0.25, 0.3) is 0 Å². The molecule has 0 spiro atoms. The van der Waals surface area contributed by atoms with Crippen LogP contribution in [0.25, 0.3) is 0 Å². The number of nitrogens with zero attached hydrogens (tertiary/aromatic N) is 2. The highest BCUT2D eigenvalue weighted by Crippen LogP contribution is 2.13. The fourth-order valence-electron chi connectivity index (χ4n) is 0.928. The van der Waals surface area contributed by atoms with Gasteiger partial charge in [-0.1, -0.05) is 23.8 Å². The summed E-state index contributed by atoms with van der Waals surface area (Å²) in [6.45, 7) is 7.47. The fraction of sp³-hybridized carbons (Fsp3) is 0.400. The van der Waals surface area contributed by atoms with Gasteiger partial charge in [-0.2, -0.15) is 0 Å². The largest absolute Gasteiger partial charge is 0.375 e. The predicted molar refractivity (Wildman–Crippen MR) is 61.2 cm³/mol. The van der Waals surface area contributed by atoms with E-state index in [4.69, 9.17) is 16.3 Å². The predicted octanol–water partition coefficient (Wildman–Crippen LogP) is 2.13. The third-order valence-electron chi connectivity index (χ3n) is 1.54. The summed E-state index contributed by atoms with van der Waals surface area (Å²) < 4.78 is 5.30. The van der Waals surface area contributed by atoms with Crippen molar-refractivity contribution in [2.75, 3.05) is 25.1 Å². The molecule has 1 N–H and O–H groups in total. The van der Waals surface area contributed by atoms with Crippen LogP contribution in [0.15, 0.2) is 24.5 Å². The summed E-state index contributed by atoms with van der Waals surface area (Å²) in [5.74, 6) is 0.582. The SMILES string of the molecule is C=C(C)COCCNc1nccnc1Cl. The van der Waals surface area contributed by atoms with Gasteiger partial charge >= 0.3 is 0 Å². The Balaban J connectivity index is 2.21. The minimum absolute atomic E-state index is 0.373. The van der Waals surface area contributed by atoms with Crippen LogP contribution in [0.5, 0.6) is 0 Å². The molecular weight excluding hydrogens is 214 g/mol. The number of hydrogen-bond donors (Lipinski definition) is 1. The summed E-state index contributed by atoms with van der Waals surface area (Å²) in [4.78, 5) is 7.92. The van der Waals surface area contributed by atoms with Gasteiger partial charge in [0.15, 0.2) is 11.0 Å². The number of aromatic nitrogens is 2. The molecular formula is C10H14ClN3O. The molecule has 1 aromatic rings. The Morgan fingerprint density at radius 3 is 2.93 bits per heavy atom. The van der Waals surface area contributed by atoms with E-state index in [1.807, 2.05) is 6.92 Å². The Morgan fingerprint density at radius 1 is 1.53 bits per heavy atom. The second-order valence-corrected chi connectivity index (χ2v) is 3.49. The maximum Gasteiger partial charge on any atom is 0.171 e. The molecule has 0 saturated heterocycles. The van der Waals surface area contributed by atoms with Crippen molar-refractivity contribution in [3.63, 3.8) is 0 Å². The van der Waals surface area contributed by atoms with Crippen LogP contribution in [0, 0.1) is 0 Å². The molecule has 0 aliphatic heterocycles. The quantitative estimate of drug-likeness (QED) is 0.598. The average Bonchev–Trinajstić information content (AvgIpc) is 2.20. The van der Waals surface area contributed by atoms with Gasteiger partial charge in [-0.15, -0.1) is 0 Å². The highest BCUT2D eigenvalue weighted by Gasteiger charge is 1.99. The van der Waals surface area contributed by atoms with Gasteiger partial charge in [-0.25, -0.2) is 9.97 Å². The van der Waals surface area contributed by atoms with Crippen molar-refractivity contribution in [2.45, 2.75) is 6.92 Å². The first-order valence-electron chi connectivity index (χ1n) is 4.62. The van der Waals surface area contributed by atoms with Crippen molar-refractivity contribution in [3.8, 4) is 0 Å². The van der Waals surface area contributed by atoms with Crippen LogP contribution < -0.4 is 5.32 Å². The first kappa shape index (κ1) is 11.9. The Bertz CT molecular complexity index is 330. The van der Waals surface area contributed by atoms with Gasteiger partial charge in [-0.3, -0.25) is 0 Å². The van der Waals surface area contributed by atoms with E-state index in [2.05, 4.69) is 21.9 Å². The number of nitrogens with one attached hydrogen (secondary N) is 1. The molecule has 0 fully saturated rings. The van der Waals surface area contributed by atoms with Gasteiger partial charge < -0.3 is 10.1 Å². The number of hydrogen-bond acceptors (Lipinski definition) is 4. The normalized spacial score (nSPS) is 10.0. The molecule has 1 aromatic heterocycles. The molecule has 0 aliphatic rings. The van der Waals surface area contributed by atoms with Gasteiger partial charge in [0, 0.05) is 18.9 Å². The molecule has 0 aromatic carbocycles. The van der Waals surface area contributed by atoms with Crippen LogP contribution in [0.4, 0.5) is 5.82 Å². The monoisotopic (exact) mass is 227 g/mol. The Hall–Kier alpha value is -1.13. The maximum atomic E-state index is 5.80. The van der Waals surface area contributed by atoms with Crippen LogP contribution in [0.2, 0.25) is 5.15 Å². The number of ether oxygens (including phenoxy) is 1. The van der Waals surface area contributed by atoms with E-state index >= 15 is 0 Å².